The average Bonchev–Trinajstić information content (AvgIpc) is 3.14. The molecule has 0 unspecified atom stereocenters. The molecule has 0 saturated heterocycles. The highest BCUT2D eigenvalue weighted by Crippen LogP contribution is 2.28. The van der Waals surface area contributed by atoms with Crippen LogP contribution in [0.1, 0.15) is 16.3 Å². The second kappa shape index (κ2) is 6.17. The van der Waals surface area contributed by atoms with Crippen molar-refractivity contribution in [3.63, 3.8) is 0 Å². The summed E-state index contributed by atoms with van der Waals surface area (Å²) in [7, 11) is 0. The van der Waals surface area contributed by atoms with Crippen molar-refractivity contribution < 1.29 is 9.34 Å². The van der Waals surface area contributed by atoms with E-state index in [1.807, 2.05) is 24.4 Å². The molecule has 7 nitrogen and oxygen atoms in total. The molecule has 118 valence electrons. The van der Waals surface area contributed by atoms with Crippen LogP contribution in [0.25, 0.3) is 11.5 Å². The topological polar surface area (TPSA) is 94.1 Å². The van der Waals surface area contributed by atoms with Gasteiger partial charge in [-0.1, -0.05) is 0 Å². The van der Waals surface area contributed by atoms with Crippen LogP contribution in [0.15, 0.2) is 34.3 Å². The number of aryl methyl sites for hydroxylation is 2. The maximum atomic E-state index is 11.1. The molecule has 8 heteroatoms. The standard InChI is InChI=1S/C15H14N4O3S/c1-9-5-16-7-13(19(20)21)15(9)17-6-11-3-4-14(22-11)12-8-23-10(2)18-12/h3-5,7-8H,6H2,1-2H3,(H,16,17). The van der Waals surface area contributed by atoms with Crippen LogP contribution in [0, 0.1) is 24.0 Å². The zero-order chi connectivity index (χ0) is 16.4. The Morgan fingerprint density at radius 3 is 2.87 bits per heavy atom. The minimum Gasteiger partial charge on any atom is -0.458 e. The number of nitrogens with zero attached hydrogens (tertiary/aromatic N) is 3. The summed E-state index contributed by atoms with van der Waals surface area (Å²) in [6, 6.07) is 3.68. The Hall–Kier alpha value is -2.74. The molecule has 0 saturated carbocycles. The van der Waals surface area contributed by atoms with E-state index in [0.717, 1.165) is 10.7 Å². The smallest absolute Gasteiger partial charge is 0.310 e. The van der Waals surface area contributed by atoms with Crippen molar-refractivity contribution >= 4 is 22.7 Å². The van der Waals surface area contributed by atoms with E-state index < -0.39 is 4.92 Å². The number of aromatic nitrogens is 2. The number of anilines is 1. The minimum atomic E-state index is -0.450. The van der Waals surface area contributed by atoms with Crippen LogP contribution < -0.4 is 5.32 Å². The third kappa shape index (κ3) is 3.21. The highest BCUT2D eigenvalue weighted by atomic mass is 32.1. The summed E-state index contributed by atoms with van der Waals surface area (Å²) in [4.78, 5) is 18.8. The van der Waals surface area contributed by atoms with E-state index in [1.54, 1.807) is 24.5 Å². The van der Waals surface area contributed by atoms with Gasteiger partial charge in [0.05, 0.1) is 16.5 Å². The summed E-state index contributed by atoms with van der Waals surface area (Å²) in [5, 5.41) is 17.0. The first kappa shape index (κ1) is 15.2. The number of furan rings is 1. The summed E-state index contributed by atoms with van der Waals surface area (Å²) in [6.07, 6.45) is 2.82. The second-order valence-corrected chi connectivity index (χ2v) is 6.04. The number of thiazole rings is 1. The summed E-state index contributed by atoms with van der Waals surface area (Å²) in [5.41, 5.74) is 1.91. The van der Waals surface area contributed by atoms with E-state index in [-0.39, 0.29) is 5.69 Å². The third-order valence-corrected chi connectivity index (χ3v) is 4.06. The number of hydrogen-bond acceptors (Lipinski definition) is 7. The van der Waals surface area contributed by atoms with Gasteiger partial charge in [-0.05, 0) is 31.5 Å². The maximum absolute atomic E-state index is 11.1. The van der Waals surface area contributed by atoms with Gasteiger partial charge in [0.15, 0.2) is 5.76 Å². The predicted molar refractivity (Wildman–Crippen MR) is 87.5 cm³/mol. The average molecular weight is 330 g/mol. The summed E-state index contributed by atoms with van der Waals surface area (Å²) >= 11 is 1.56. The molecule has 0 atom stereocenters. The van der Waals surface area contributed by atoms with Gasteiger partial charge in [0.25, 0.3) is 0 Å². The monoisotopic (exact) mass is 330 g/mol. The quantitative estimate of drug-likeness (QED) is 0.562. The van der Waals surface area contributed by atoms with Crippen LogP contribution in [0.2, 0.25) is 0 Å². The summed E-state index contributed by atoms with van der Waals surface area (Å²) < 4.78 is 5.74. The highest BCUT2D eigenvalue weighted by molar-refractivity contribution is 7.09. The van der Waals surface area contributed by atoms with Crippen molar-refractivity contribution in [3.8, 4) is 11.5 Å². The molecule has 0 aliphatic heterocycles. The van der Waals surface area contributed by atoms with Gasteiger partial charge in [0.2, 0.25) is 0 Å². The fraction of sp³-hybridized carbons (Fsp3) is 0.200. The van der Waals surface area contributed by atoms with Gasteiger partial charge >= 0.3 is 5.69 Å². The molecule has 0 fully saturated rings. The van der Waals surface area contributed by atoms with Crippen LogP contribution >= 0.6 is 11.3 Å². The Balaban J connectivity index is 1.77. The number of nitro groups is 1. The van der Waals surface area contributed by atoms with Gasteiger partial charge in [-0.2, -0.15) is 0 Å². The Morgan fingerprint density at radius 1 is 1.35 bits per heavy atom. The van der Waals surface area contributed by atoms with Crippen LogP contribution in [0.3, 0.4) is 0 Å². The number of rotatable bonds is 5. The molecule has 3 aromatic heterocycles. The fourth-order valence-corrected chi connectivity index (χ4v) is 2.78. The molecule has 0 bridgehead atoms. The van der Waals surface area contributed by atoms with E-state index in [4.69, 9.17) is 4.42 Å². The lowest BCUT2D eigenvalue weighted by Crippen LogP contribution is -2.04. The normalized spacial score (nSPS) is 10.7. The van der Waals surface area contributed by atoms with Crippen molar-refractivity contribution in [2.75, 3.05) is 5.32 Å². The molecule has 3 rings (SSSR count). The molecular formula is C15H14N4O3S. The van der Waals surface area contributed by atoms with Crippen molar-refractivity contribution in [3.05, 3.63) is 56.4 Å². The van der Waals surface area contributed by atoms with Gasteiger partial charge in [0, 0.05) is 11.6 Å². The van der Waals surface area contributed by atoms with E-state index in [0.29, 0.717) is 29.3 Å². The van der Waals surface area contributed by atoms with E-state index in [1.165, 1.54) is 6.20 Å². The first-order valence-electron chi connectivity index (χ1n) is 6.88. The maximum Gasteiger partial charge on any atom is 0.310 e. The predicted octanol–water partition coefficient (Wildman–Crippen LogP) is 3.94. The van der Waals surface area contributed by atoms with E-state index in [9.17, 15) is 10.1 Å². The zero-order valence-electron chi connectivity index (χ0n) is 12.6. The molecule has 0 aliphatic rings. The van der Waals surface area contributed by atoms with Crippen LogP contribution in [0.5, 0.6) is 0 Å². The van der Waals surface area contributed by atoms with Crippen LogP contribution in [0.4, 0.5) is 11.4 Å². The second-order valence-electron chi connectivity index (χ2n) is 4.98. The van der Waals surface area contributed by atoms with Gasteiger partial charge in [-0.25, -0.2) is 4.98 Å². The lowest BCUT2D eigenvalue weighted by molar-refractivity contribution is -0.384. The van der Waals surface area contributed by atoms with Crippen molar-refractivity contribution in [2.24, 2.45) is 0 Å². The van der Waals surface area contributed by atoms with Gasteiger partial charge in [-0.15, -0.1) is 11.3 Å². The van der Waals surface area contributed by atoms with Crippen molar-refractivity contribution in [2.45, 2.75) is 20.4 Å². The first-order chi connectivity index (χ1) is 11.0. The Labute approximate surface area is 136 Å². The summed E-state index contributed by atoms with van der Waals surface area (Å²) in [5.74, 6) is 1.36. The van der Waals surface area contributed by atoms with Crippen LogP contribution in [-0.2, 0) is 6.54 Å². The molecular weight excluding hydrogens is 316 g/mol. The van der Waals surface area contributed by atoms with E-state index >= 15 is 0 Å². The Bertz CT molecular complexity index is 856. The molecule has 0 radical (unpaired) electrons. The molecule has 0 aromatic carbocycles. The molecule has 0 spiro atoms. The highest BCUT2D eigenvalue weighted by Gasteiger charge is 2.16. The molecule has 0 aliphatic carbocycles. The van der Waals surface area contributed by atoms with Gasteiger partial charge < -0.3 is 9.73 Å². The van der Waals surface area contributed by atoms with Crippen LogP contribution in [-0.4, -0.2) is 14.9 Å². The lowest BCUT2D eigenvalue weighted by atomic mass is 10.2. The minimum absolute atomic E-state index is 0.0492. The fourth-order valence-electron chi connectivity index (χ4n) is 2.18. The number of pyridine rings is 1. The Kier molecular flexibility index (Phi) is 4.07. The Morgan fingerprint density at radius 2 is 2.17 bits per heavy atom. The number of hydrogen-bond donors (Lipinski definition) is 1. The SMILES string of the molecule is Cc1nc(-c2ccc(CNc3c(C)cncc3[N+](=O)[O-])o2)cs1. The molecule has 0 amide bonds. The van der Waals surface area contributed by atoms with Gasteiger partial charge in [0.1, 0.15) is 23.3 Å². The molecule has 3 aromatic rings. The lowest BCUT2D eigenvalue weighted by Gasteiger charge is -2.07. The van der Waals surface area contributed by atoms with Crippen molar-refractivity contribution in [1.29, 1.82) is 0 Å². The number of nitrogens with one attached hydrogen (secondary N) is 1. The third-order valence-electron chi connectivity index (χ3n) is 3.28. The molecule has 1 N–H and O–H groups in total. The first-order valence-corrected chi connectivity index (χ1v) is 7.76. The van der Waals surface area contributed by atoms with E-state index in [2.05, 4.69) is 15.3 Å². The largest absolute Gasteiger partial charge is 0.458 e. The summed E-state index contributed by atoms with van der Waals surface area (Å²) in [6.45, 7) is 4.05. The zero-order valence-corrected chi connectivity index (χ0v) is 13.4. The van der Waals surface area contributed by atoms with Gasteiger partial charge in [-0.3, -0.25) is 15.1 Å². The van der Waals surface area contributed by atoms with Crippen molar-refractivity contribution in [1.82, 2.24) is 9.97 Å². The molecule has 3 heterocycles. The molecule has 23 heavy (non-hydrogen) atoms.